The Bertz CT molecular complexity index is 1420. The van der Waals surface area contributed by atoms with Crippen LogP contribution in [0.3, 0.4) is 0 Å². The molecule has 0 unspecified atom stereocenters. The molecule has 3 heterocycles. The number of amides is 2. The molecule has 1 radical (unpaired) electrons. The van der Waals surface area contributed by atoms with Gasteiger partial charge in [-0.1, -0.05) is 36.4 Å². The van der Waals surface area contributed by atoms with Crippen molar-refractivity contribution in [3.8, 4) is 0 Å². The molecule has 0 aliphatic carbocycles. The summed E-state index contributed by atoms with van der Waals surface area (Å²) in [5.74, 6) is -2.76. The van der Waals surface area contributed by atoms with Crippen molar-refractivity contribution in [2.75, 3.05) is 11.4 Å². The molecular weight excluding hydrogens is 463 g/mol. The number of benzene rings is 2. The smallest absolute Gasteiger partial charge is 0.475 e. The van der Waals surface area contributed by atoms with E-state index in [4.69, 9.17) is 15.6 Å². The van der Waals surface area contributed by atoms with Crippen LogP contribution < -0.4 is 16.0 Å². The van der Waals surface area contributed by atoms with E-state index >= 15 is 0 Å². The number of para-hydroxylation sites is 2. The molecule has 5 rings (SSSR count). The van der Waals surface area contributed by atoms with Gasteiger partial charge < -0.3 is 20.8 Å². The minimum atomic E-state index is -5.08. The molecule has 35 heavy (non-hydrogen) atoms. The second kappa shape index (κ2) is 9.55. The Balaban J connectivity index is 0.000000364. The van der Waals surface area contributed by atoms with Crippen LogP contribution in [0.4, 0.5) is 23.7 Å². The SMILES string of the molecule is NCCCc1[nH]c2ccccc2c1C1=C[N]C(=O)N1c1c[nH]c2ccccc12.O=C(O)C(F)(F)F. The van der Waals surface area contributed by atoms with E-state index in [-0.39, 0.29) is 6.03 Å². The molecule has 0 fully saturated rings. The fraction of sp³-hybridized carbons (Fsp3) is 0.167. The lowest BCUT2D eigenvalue weighted by Gasteiger charge is -2.19. The van der Waals surface area contributed by atoms with Crippen LogP contribution in [0.2, 0.25) is 0 Å². The number of halogens is 3. The van der Waals surface area contributed by atoms with Gasteiger partial charge >= 0.3 is 18.2 Å². The third-order valence-corrected chi connectivity index (χ3v) is 5.45. The Kier molecular flexibility index (Phi) is 6.52. The van der Waals surface area contributed by atoms with Gasteiger partial charge in [-0.25, -0.2) is 9.59 Å². The highest BCUT2D eigenvalue weighted by Gasteiger charge is 2.38. The molecule has 1 aliphatic rings. The molecule has 11 heteroatoms. The molecule has 5 N–H and O–H groups in total. The average molecular weight is 484 g/mol. The molecule has 0 spiro atoms. The monoisotopic (exact) mass is 484 g/mol. The molecule has 181 valence electrons. The summed E-state index contributed by atoms with van der Waals surface area (Å²) in [6.45, 7) is 0.614. The summed E-state index contributed by atoms with van der Waals surface area (Å²) >= 11 is 0. The largest absolute Gasteiger partial charge is 0.490 e. The van der Waals surface area contributed by atoms with Gasteiger partial charge in [0.05, 0.1) is 17.6 Å². The van der Waals surface area contributed by atoms with Crippen LogP contribution in [-0.4, -0.2) is 39.8 Å². The normalized spacial score (nSPS) is 13.5. The molecule has 4 aromatic rings. The van der Waals surface area contributed by atoms with Crippen LogP contribution in [0.15, 0.2) is 60.9 Å². The predicted octanol–water partition coefficient (Wildman–Crippen LogP) is 4.72. The third kappa shape index (κ3) is 4.71. The number of carbonyl (C=O) groups excluding carboxylic acids is 1. The number of hydrogen-bond donors (Lipinski definition) is 4. The number of fused-ring (bicyclic) bond motifs is 2. The van der Waals surface area contributed by atoms with Crippen molar-refractivity contribution in [3.05, 3.63) is 72.2 Å². The van der Waals surface area contributed by atoms with Crippen LogP contribution >= 0.6 is 0 Å². The number of rotatable bonds is 5. The van der Waals surface area contributed by atoms with Crippen LogP contribution in [0.5, 0.6) is 0 Å². The number of aryl methyl sites for hydroxylation is 1. The number of urea groups is 1. The maximum Gasteiger partial charge on any atom is 0.490 e. The third-order valence-electron chi connectivity index (χ3n) is 5.45. The minimum Gasteiger partial charge on any atom is -0.475 e. The number of carboxylic acid groups (broad SMARTS) is 1. The van der Waals surface area contributed by atoms with Crippen molar-refractivity contribution in [1.29, 1.82) is 0 Å². The maximum absolute atomic E-state index is 12.7. The Hall–Kier alpha value is -4.25. The standard InChI is InChI=1S/C22H20N5O.C2HF3O2/c23-11-5-10-18-21(15-7-2-4-9-17(15)26-18)20-13-25-22(28)27(20)19-12-24-16-8-3-1-6-14(16)19;3-2(4,5)1(6)7/h1-4,6-9,12-13,24,26H,5,10-11,23H2;(H,6,7). The molecule has 1 aliphatic heterocycles. The number of alkyl halides is 3. The second-order valence-electron chi connectivity index (χ2n) is 7.70. The summed E-state index contributed by atoms with van der Waals surface area (Å²) in [5, 5.41) is 13.3. The highest BCUT2D eigenvalue weighted by atomic mass is 19.4. The molecule has 0 saturated carbocycles. The van der Waals surface area contributed by atoms with Crippen molar-refractivity contribution in [2.45, 2.75) is 19.0 Å². The number of H-pyrrole nitrogens is 2. The van der Waals surface area contributed by atoms with E-state index < -0.39 is 12.1 Å². The summed E-state index contributed by atoms with van der Waals surface area (Å²) < 4.78 is 31.7. The number of nitrogens with two attached hydrogens (primary N) is 1. The lowest BCUT2D eigenvalue weighted by atomic mass is 10.0. The van der Waals surface area contributed by atoms with Gasteiger partial charge in [-0.3, -0.25) is 4.90 Å². The molecule has 0 bridgehead atoms. The quantitative estimate of drug-likeness (QED) is 0.327. The van der Waals surface area contributed by atoms with Crippen LogP contribution in [0, 0.1) is 0 Å². The molecule has 2 amide bonds. The zero-order chi connectivity index (χ0) is 25.2. The molecule has 0 saturated heterocycles. The first-order valence-corrected chi connectivity index (χ1v) is 10.6. The summed E-state index contributed by atoms with van der Waals surface area (Å²) in [6, 6.07) is 15.8. The number of aromatic amines is 2. The Morgan fingerprint density at radius 3 is 2.34 bits per heavy atom. The van der Waals surface area contributed by atoms with Crippen LogP contribution in [0.1, 0.15) is 17.7 Å². The van der Waals surface area contributed by atoms with Gasteiger partial charge in [-0.15, -0.1) is 0 Å². The number of anilines is 1. The zero-order valence-electron chi connectivity index (χ0n) is 18.3. The number of aromatic nitrogens is 2. The first-order chi connectivity index (χ1) is 16.7. The lowest BCUT2D eigenvalue weighted by Crippen LogP contribution is -2.26. The fourth-order valence-corrected chi connectivity index (χ4v) is 3.94. The molecule has 8 nitrogen and oxygen atoms in total. The van der Waals surface area contributed by atoms with Gasteiger partial charge in [-0.2, -0.15) is 18.5 Å². The molecule has 2 aromatic heterocycles. The first kappa shape index (κ1) is 23.9. The molecule has 0 atom stereocenters. The minimum absolute atomic E-state index is 0.283. The van der Waals surface area contributed by atoms with Crippen molar-refractivity contribution in [2.24, 2.45) is 5.73 Å². The van der Waals surface area contributed by atoms with Crippen LogP contribution in [0.25, 0.3) is 27.5 Å². The number of nitrogens with zero attached hydrogens (tertiary/aromatic N) is 2. The molecule has 2 aromatic carbocycles. The summed E-state index contributed by atoms with van der Waals surface area (Å²) in [6.07, 6.45) is 0.135. The highest BCUT2D eigenvalue weighted by molar-refractivity contribution is 6.16. The Labute approximate surface area is 197 Å². The van der Waals surface area contributed by atoms with Crippen molar-refractivity contribution < 1.29 is 27.9 Å². The Morgan fingerprint density at radius 1 is 1.06 bits per heavy atom. The molecular formula is C24H21F3N5O3. The van der Waals surface area contributed by atoms with E-state index in [0.29, 0.717) is 6.54 Å². The summed E-state index contributed by atoms with van der Waals surface area (Å²) in [4.78, 5) is 30.1. The summed E-state index contributed by atoms with van der Waals surface area (Å²) in [7, 11) is 0. The highest BCUT2D eigenvalue weighted by Crippen LogP contribution is 2.39. The Morgan fingerprint density at radius 2 is 1.69 bits per heavy atom. The van der Waals surface area contributed by atoms with E-state index in [9.17, 15) is 18.0 Å². The van der Waals surface area contributed by atoms with Gasteiger partial charge in [0.25, 0.3) is 0 Å². The number of aliphatic carboxylic acids is 1. The van der Waals surface area contributed by atoms with Crippen molar-refractivity contribution in [3.63, 3.8) is 0 Å². The number of carbonyl (C=O) groups is 2. The van der Waals surface area contributed by atoms with E-state index in [2.05, 4.69) is 27.4 Å². The lowest BCUT2D eigenvalue weighted by molar-refractivity contribution is -0.192. The number of nitrogens with one attached hydrogen (secondary N) is 2. The van der Waals surface area contributed by atoms with Gasteiger partial charge in [0.2, 0.25) is 0 Å². The van der Waals surface area contributed by atoms with Gasteiger partial charge in [0.15, 0.2) is 0 Å². The van der Waals surface area contributed by atoms with Gasteiger partial charge in [-0.05, 0) is 31.5 Å². The van der Waals surface area contributed by atoms with E-state index in [1.54, 1.807) is 11.1 Å². The van der Waals surface area contributed by atoms with Gasteiger partial charge in [0.1, 0.15) is 0 Å². The van der Waals surface area contributed by atoms with E-state index in [1.165, 1.54) is 0 Å². The topological polar surface area (TPSA) is 129 Å². The van der Waals surface area contributed by atoms with E-state index in [0.717, 1.165) is 57.3 Å². The van der Waals surface area contributed by atoms with Crippen LogP contribution in [-0.2, 0) is 11.2 Å². The predicted molar refractivity (Wildman–Crippen MR) is 126 cm³/mol. The second-order valence-corrected chi connectivity index (χ2v) is 7.70. The van der Waals surface area contributed by atoms with Crippen molar-refractivity contribution >= 4 is 45.2 Å². The zero-order valence-corrected chi connectivity index (χ0v) is 18.3. The fourth-order valence-electron chi connectivity index (χ4n) is 3.94. The first-order valence-electron chi connectivity index (χ1n) is 10.6. The van der Waals surface area contributed by atoms with Crippen molar-refractivity contribution in [1.82, 2.24) is 15.3 Å². The maximum atomic E-state index is 12.7. The van der Waals surface area contributed by atoms with E-state index in [1.807, 2.05) is 42.6 Å². The summed E-state index contributed by atoms with van der Waals surface area (Å²) in [5.41, 5.74) is 11.5. The number of carboxylic acids is 1. The number of hydrogen-bond acceptors (Lipinski definition) is 3. The van der Waals surface area contributed by atoms with Gasteiger partial charge in [0, 0.05) is 39.3 Å². The average Bonchev–Trinajstić information content (AvgIpc) is 3.51.